The molecule has 1 saturated heterocycles. The number of ether oxygens (including phenoxy) is 4. The molecule has 1 unspecified atom stereocenters. The minimum absolute atomic E-state index is 0.428. The van der Waals surface area contributed by atoms with Crippen molar-refractivity contribution in [1.29, 1.82) is 5.26 Å². The van der Waals surface area contributed by atoms with E-state index in [1.165, 1.54) is 6.42 Å². The van der Waals surface area contributed by atoms with E-state index in [9.17, 15) is 5.26 Å². The topological polar surface area (TPSA) is 88.9 Å². The van der Waals surface area contributed by atoms with E-state index in [1.54, 1.807) is 20.4 Å². The van der Waals surface area contributed by atoms with Crippen molar-refractivity contribution in [1.82, 2.24) is 9.88 Å². The molecule has 8 nitrogen and oxygen atoms in total. The summed E-state index contributed by atoms with van der Waals surface area (Å²) in [6.45, 7) is 3.92. The van der Waals surface area contributed by atoms with Crippen molar-refractivity contribution in [3.63, 3.8) is 0 Å². The Morgan fingerprint density at radius 1 is 1.02 bits per heavy atom. The summed E-state index contributed by atoms with van der Waals surface area (Å²) in [6.07, 6.45) is 5.96. The Labute approximate surface area is 245 Å². The smallest absolute Gasteiger partial charge is 0.169 e. The molecule has 1 N–H and O–H groups in total. The van der Waals surface area contributed by atoms with E-state index in [0.717, 1.165) is 42.4 Å². The van der Waals surface area contributed by atoms with Crippen LogP contribution in [0, 0.1) is 11.3 Å². The quantitative estimate of drug-likeness (QED) is 0.183. The fourth-order valence-electron chi connectivity index (χ4n) is 4.94. The Morgan fingerprint density at radius 3 is 2.51 bits per heavy atom. The molecule has 0 aliphatic carbocycles. The Bertz CT molecular complexity index is 1520. The summed E-state index contributed by atoms with van der Waals surface area (Å²) >= 11 is 1.95. The summed E-state index contributed by atoms with van der Waals surface area (Å²) in [5.41, 5.74) is 2.59. The Morgan fingerprint density at radius 2 is 1.80 bits per heavy atom. The van der Waals surface area contributed by atoms with Crippen molar-refractivity contribution in [2.45, 2.75) is 18.1 Å². The summed E-state index contributed by atoms with van der Waals surface area (Å²) < 4.78 is 23.2. The highest BCUT2D eigenvalue weighted by Gasteiger charge is 2.21. The van der Waals surface area contributed by atoms with Gasteiger partial charge in [-0.1, -0.05) is 12.1 Å². The monoisotopic (exact) mass is 570 g/mol. The number of aromatic nitrogens is 1. The molecule has 9 heteroatoms. The molecule has 1 aliphatic rings. The number of pyridine rings is 1. The van der Waals surface area contributed by atoms with Crippen LogP contribution in [-0.2, 0) is 0 Å². The van der Waals surface area contributed by atoms with Crippen LogP contribution in [0.25, 0.3) is 10.9 Å². The standard InChI is InChI=1S/C32H34N4O4S/c1-37-28-7-4-5-8-29(28)40-24-11-9-23(10-12-24)35-32-22(19-33)20-34-27-18-31(30(38-2)17-26(27)32)39-16-6-14-36-15-13-25(21-36)41-3/h4-5,7-12,17-18,20,25H,6,13-16,21H2,1-3H3,(H,34,35). The van der Waals surface area contributed by atoms with Crippen LogP contribution in [0.4, 0.5) is 11.4 Å². The number of likely N-dealkylation sites (tertiary alicyclic amines) is 1. The second kappa shape index (κ2) is 13.5. The number of hydrogen-bond donors (Lipinski definition) is 1. The minimum atomic E-state index is 0.428. The molecule has 0 saturated carbocycles. The molecule has 4 aromatic rings. The van der Waals surface area contributed by atoms with Crippen LogP contribution in [-0.4, -0.2) is 61.9 Å². The molecule has 0 bridgehead atoms. The van der Waals surface area contributed by atoms with Crippen LogP contribution in [0.15, 0.2) is 66.9 Å². The van der Waals surface area contributed by atoms with Gasteiger partial charge in [0.15, 0.2) is 23.0 Å². The number of benzene rings is 3. The van der Waals surface area contributed by atoms with E-state index in [-0.39, 0.29) is 0 Å². The molecule has 3 aromatic carbocycles. The lowest BCUT2D eigenvalue weighted by Gasteiger charge is -2.17. The first-order chi connectivity index (χ1) is 20.1. The number of hydrogen-bond acceptors (Lipinski definition) is 9. The lowest BCUT2D eigenvalue weighted by molar-refractivity contribution is 0.255. The van der Waals surface area contributed by atoms with Crippen LogP contribution >= 0.6 is 11.8 Å². The Balaban J connectivity index is 1.31. The fraction of sp³-hybridized carbons (Fsp3) is 0.312. The predicted molar refractivity (Wildman–Crippen MR) is 164 cm³/mol. The lowest BCUT2D eigenvalue weighted by Crippen LogP contribution is -2.23. The average Bonchev–Trinajstić information content (AvgIpc) is 3.48. The molecule has 0 spiro atoms. The summed E-state index contributed by atoms with van der Waals surface area (Å²) in [4.78, 5) is 7.04. The Hall–Kier alpha value is -4.13. The molecule has 5 rings (SSSR count). The van der Waals surface area contributed by atoms with E-state index in [2.05, 4.69) is 27.5 Å². The predicted octanol–water partition coefficient (Wildman–Crippen LogP) is 6.87. The first-order valence-electron chi connectivity index (χ1n) is 13.6. The number of nitrogens with zero attached hydrogens (tertiary/aromatic N) is 3. The van der Waals surface area contributed by atoms with E-state index >= 15 is 0 Å². The number of para-hydroxylation sites is 2. The first kappa shape index (κ1) is 28.4. The van der Waals surface area contributed by atoms with Crippen LogP contribution < -0.4 is 24.3 Å². The molecule has 2 heterocycles. The summed E-state index contributed by atoms with van der Waals surface area (Å²) in [6, 6.07) is 21.0. The number of methoxy groups -OCH3 is 2. The summed E-state index contributed by atoms with van der Waals surface area (Å²) in [5, 5.41) is 14.7. The zero-order valence-corrected chi connectivity index (χ0v) is 24.4. The van der Waals surface area contributed by atoms with Crippen LogP contribution in [0.1, 0.15) is 18.4 Å². The normalized spacial score (nSPS) is 14.9. The van der Waals surface area contributed by atoms with Gasteiger partial charge >= 0.3 is 0 Å². The van der Waals surface area contributed by atoms with Gasteiger partial charge in [0.1, 0.15) is 11.8 Å². The maximum absolute atomic E-state index is 9.84. The van der Waals surface area contributed by atoms with Crippen molar-refractivity contribution in [3.05, 3.63) is 72.4 Å². The van der Waals surface area contributed by atoms with Gasteiger partial charge in [-0.15, -0.1) is 0 Å². The molecule has 212 valence electrons. The highest BCUT2D eigenvalue weighted by atomic mass is 32.2. The molecule has 1 fully saturated rings. The zero-order valence-electron chi connectivity index (χ0n) is 23.6. The highest BCUT2D eigenvalue weighted by molar-refractivity contribution is 7.99. The number of nitriles is 1. The first-order valence-corrected chi connectivity index (χ1v) is 14.9. The molecular formula is C32H34N4O4S. The number of anilines is 2. The number of thioether (sulfide) groups is 1. The van der Waals surface area contributed by atoms with E-state index in [4.69, 9.17) is 18.9 Å². The molecule has 1 atom stereocenters. The number of nitrogens with one attached hydrogen (secondary N) is 1. The van der Waals surface area contributed by atoms with E-state index < -0.39 is 0 Å². The second-order valence-corrected chi connectivity index (χ2v) is 10.9. The highest BCUT2D eigenvalue weighted by Crippen LogP contribution is 2.38. The SMILES string of the molecule is COc1cc2c(Nc3ccc(Oc4ccccc4OC)cc3)c(C#N)cnc2cc1OCCCN1CCC(SC)C1. The van der Waals surface area contributed by atoms with Crippen molar-refractivity contribution >= 4 is 34.0 Å². The van der Waals surface area contributed by atoms with Crippen molar-refractivity contribution < 1.29 is 18.9 Å². The molecular weight excluding hydrogens is 536 g/mol. The summed E-state index contributed by atoms with van der Waals surface area (Å²) in [5.74, 6) is 3.20. The number of rotatable bonds is 12. The van der Waals surface area contributed by atoms with Gasteiger partial charge in [-0.05, 0) is 68.1 Å². The summed E-state index contributed by atoms with van der Waals surface area (Å²) in [7, 11) is 3.23. The Kier molecular flexibility index (Phi) is 9.34. The van der Waals surface area contributed by atoms with Crippen LogP contribution in [0.3, 0.4) is 0 Å². The van der Waals surface area contributed by atoms with E-state index in [0.29, 0.717) is 52.1 Å². The third kappa shape index (κ3) is 6.79. The maximum Gasteiger partial charge on any atom is 0.169 e. The van der Waals surface area contributed by atoms with Gasteiger partial charge in [0.2, 0.25) is 0 Å². The third-order valence-electron chi connectivity index (χ3n) is 7.13. The molecule has 1 aliphatic heterocycles. The van der Waals surface area contributed by atoms with Crippen LogP contribution in [0.2, 0.25) is 0 Å². The number of fused-ring (bicyclic) bond motifs is 1. The van der Waals surface area contributed by atoms with Gasteiger partial charge in [-0.3, -0.25) is 4.98 Å². The van der Waals surface area contributed by atoms with Gasteiger partial charge in [0.25, 0.3) is 0 Å². The van der Waals surface area contributed by atoms with Crippen LogP contribution in [0.5, 0.6) is 28.7 Å². The van der Waals surface area contributed by atoms with Gasteiger partial charge in [-0.2, -0.15) is 17.0 Å². The van der Waals surface area contributed by atoms with Crippen molar-refractivity contribution in [2.75, 3.05) is 52.0 Å². The van der Waals surface area contributed by atoms with Crippen molar-refractivity contribution in [3.8, 4) is 34.8 Å². The average molecular weight is 571 g/mol. The van der Waals surface area contributed by atoms with Gasteiger partial charge < -0.3 is 29.2 Å². The molecule has 0 amide bonds. The minimum Gasteiger partial charge on any atom is -0.493 e. The maximum atomic E-state index is 9.84. The van der Waals surface area contributed by atoms with E-state index in [1.807, 2.05) is 72.4 Å². The fourth-order valence-corrected chi connectivity index (χ4v) is 5.64. The molecule has 41 heavy (non-hydrogen) atoms. The third-order valence-corrected chi connectivity index (χ3v) is 8.18. The molecule has 0 radical (unpaired) electrons. The second-order valence-electron chi connectivity index (χ2n) is 9.73. The van der Waals surface area contributed by atoms with Gasteiger partial charge in [-0.25, -0.2) is 0 Å². The zero-order chi connectivity index (χ0) is 28.6. The largest absolute Gasteiger partial charge is 0.493 e. The van der Waals surface area contributed by atoms with Gasteiger partial charge in [0.05, 0.1) is 37.6 Å². The molecule has 1 aromatic heterocycles. The van der Waals surface area contributed by atoms with Crippen molar-refractivity contribution in [2.24, 2.45) is 0 Å². The lowest BCUT2D eigenvalue weighted by atomic mass is 10.1. The van der Waals surface area contributed by atoms with Gasteiger partial charge in [0, 0.05) is 41.7 Å².